The molecule has 208 valence electrons. The minimum atomic E-state index is -0.0579. The fourth-order valence-electron chi connectivity index (χ4n) is 4.35. The van der Waals surface area contributed by atoms with E-state index in [4.69, 9.17) is 29.4 Å². The van der Waals surface area contributed by atoms with Gasteiger partial charge in [-0.05, 0) is 37.3 Å². The Labute approximate surface area is 240 Å². The van der Waals surface area contributed by atoms with E-state index in [0.717, 1.165) is 57.7 Å². The van der Waals surface area contributed by atoms with E-state index >= 15 is 0 Å². The van der Waals surface area contributed by atoms with Gasteiger partial charge in [0.25, 0.3) is 0 Å². The highest BCUT2D eigenvalue weighted by molar-refractivity contribution is 8.01. The zero-order valence-electron chi connectivity index (χ0n) is 22.1. The van der Waals surface area contributed by atoms with E-state index in [-0.39, 0.29) is 11.7 Å². The molecule has 11 nitrogen and oxygen atoms in total. The van der Waals surface area contributed by atoms with Gasteiger partial charge in [0.15, 0.2) is 4.34 Å². The van der Waals surface area contributed by atoms with Crippen molar-refractivity contribution in [2.24, 2.45) is 0 Å². The third-order valence-corrected chi connectivity index (χ3v) is 8.65. The van der Waals surface area contributed by atoms with Gasteiger partial charge in [-0.15, -0.1) is 11.3 Å². The summed E-state index contributed by atoms with van der Waals surface area (Å²) >= 11 is 2.99. The van der Waals surface area contributed by atoms with Crippen LogP contribution in [0.4, 0.5) is 29.2 Å². The topological polar surface area (TPSA) is 118 Å². The number of aryl methyl sites for hydroxylation is 1. The molecule has 2 saturated heterocycles. The molecule has 0 atom stereocenters. The largest absolute Gasteiger partial charge is 0.378 e. The number of aromatic nitrogens is 4. The van der Waals surface area contributed by atoms with Crippen LogP contribution in [0.1, 0.15) is 5.56 Å². The van der Waals surface area contributed by atoms with E-state index in [0.29, 0.717) is 44.3 Å². The number of thioether (sulfide) groups is 1. The summed E-state index contributed by atoms with van der Waals surface area (Å²) in [5, 5.41) is 6.31. The van der Waals surface area contributed by atoms with Crippen LogP contribution in [0, 0.1) is 6.92 Å². The molecule has 2 aromatic heterocycles. The fourth-order valence-corrected chi connectivity index (χ4v) is 6.26. The number of carbonyl (C=O) groups excluding carboxylic acids is 1. The molecule has 1 amide bonds. The number of hydrogen-bond donors (Lipinski definition) is 2. The lowest BCUT2D eigenvalue weighted by atomic mass is 10.2. The van der Waals surface area contributed by atoms with Crippen LogP contribution in [-0.4, -0.2) is 84.2 Å². The van der Waals surface area contributed by atoms with Crippen LogP contribution in [0.3, 0.4) is 0 Å². The van der Waals surface area contributed by atoms with Crippen LogP contribution >= 0.6 is 23.1 Å². The average Bonchev–Trinajstić information content (AvgIpc) is 3.40. The van der Waals surface area contributed by atoms with Crippen molar-refractivity contribution in [2.75, 3.05) is 78.8 Å². The highest BCUT2D eigenvalue weighted by Crippen LogP contribution is 2.32. The summed E-state index contributed by atoms with van der Waals surface area (Å²) in [7, 11) is 0. The van der Waals surface area contributed by atoms with E-state index < -0.39 is 0 Å². The van der Waals surface area contributed by atoms with E-state index in [1.54, 1.807) is 11.3 Å². The molecule has 2 fully saturated rings. The number of fused-ring (bicyclic) bond motifs is 1. The fraction of sp³-hybridized carbons (Fsp3) is 0.370. The lowest BCUT2D eigenvalue weighted by Gasteiger charge is -2.30. The van der Waals surface area contributed by atoms with Gasteiger partial charge in [-0.2, -0.15) is 15.0 Å². The van der Waals surface area contributed by atoms with Crippen molar-refractivity contribution in [1.82, 2.24) is 19.9 Å². The molecule has 0 saturated carbocycles. The van der Waals surface area contributed by atoms with Gasteiger partial charge >= 0.3 is 0 Å². The number of nitrogens with one attached hydrogen (secondary N) is 2. The van der Waals surface area contributed by atoms with Gasteiger partial charge < -0.3 is 29.9 Å². The highest BCUT2D eigenvalue weighted by Gasteiger charge is 2.21. The second-order valence-electron chi connectivity index (χ2n) is 9.45. The quantitative estimate of drug-likeness (QED) is 0.296. The molecule has 2 aliphatic heterocycles. The van der Waals surface area contributed by atoms with Crippen LogP contribution < -0.4 is 20.4 Å². The van der Waals surface area contributed by atoms with Gasteiger partial charge in [-0.25, -0.2) is 4.98 Å². The number of nitrogens with zero attached hydrogens (tertiary/aromatic N) is 6. The molecule has 0 radical (unpaired) electrons. The first-order valence-electron chi connectivity index (χ1n) is 13.2. The second kappa shape index (κ2) is 12.3. The molecule has 0 aliphatic carbocycles. The Hall–Kier alpha value is -3.52. The third-order valence-electron chi connectivity index (χ3n) is 6.49. The van der Waals surface area contributed by atoms with Crippen LogP contribution in [-0.2, 0) is 14.3 Å². The minimum Gasteiger partial charge on any atom is -0.378 e. The number of amides is 1. The van der Waals surface area contributed by atoms with Crippen molar-refractivity contribution in [1.29, 1.82) is 0 Å². The van der Waals surface area contributed by atoms with Gasteiger partial charge in [0.05, 0.1) is 42.4 Å². The van der Waals surface area contributed by atoms with E-state index in [1.807, 2.05) is 49.4 Å². The zero-order chi connectivity index (χ0) is 27.3. The van der Waals surface area contributed by atoms with Gasteiger partial charge in [0.2, 0.25) is 23.8 Å². The molecule has 0 bridgehead atoms. The maximum atomic E-state index is 12.4. The van der Waals surface area contributed by atoms with Gasteiger partial charge in [0.1, 0.15) is 0 Å². The molecular formula is C27H30N8O3S2. The molecule has 2 aliphatic rings. The summed E-state index contributed by atoms with van der Waals surface area (Å²) in [6.07, 6.45) is 0. The number of carbonyl (C=O) groups is 1. The van der Waals surface area contributed by atoms with Crippen molar-refractivity contribution < 1.29 is 14.3 Å². The Morgan fingerprint density at radius 3 is 2.15 bits per heavy atom. The summed E-state index contributed by atoms with van der Waals surface area (Å²) in [5.74, 6) is 2.01. The number of morpholine rings is 2. The Balaban J connectivity index is 1.16. The summed E-state index contributed by atoms with van der Waals surface area (Å²) < 4.78 is 12.9. The van der Waals surface area contributed by atoms with Gasteiger partial charge in [-0.3, -0.25) is 4.79 Å². The Morgan fingerprint density at radius 2 is 1.50 bits per heavy atom. The number of ether oxygens (including phenoxy) is 2. The zero-order valence-corrected chi connectivity index (χ0v) is 23.8. The van der Waals surface area contributed by atoms with Crippen LogP contribution in [0.15, 0.2) is 46.8 Å². The maximum Gasteiger partial charge on any atom is 0.234 e. The van der Waals surface area contributed by atoms with Crippen molar-refractivity contribution in [3.63, 3.8) is 0 Å². The first-order valence-corrected chi connectivity index (χ1v) is 15.0. The van der Waals surface area contributed by atoms with Crippen molar-refractivity contribution in [3.05, 3.63) is 48.0 Å². The molecule has 2 N–H and O–H groups in total. The lowest BCUT2D eigenvalue weighted by molar-refractivity contribution is -0.113. The SMILES string of the molecule is Cc1ccc(NC(=O)CSc2nc3ccc(Nc4nc(N5CCOCC5)nc(N5CCOCC5)n4)cc3s2)cc1. The lowest BCUT2D eigenvalue weighted by Crippen LogP contribution is -2.40. The van der Waals surface area contributed by atoms with E-state index in [2.05, 4.69) is 20.4 Å². The van der Waals surface area contributed by atoms with Crippen LogP contribution in [0.2, 0.25) is 0 Å². The summed E-state index contributed by atoms with van der Waals surface area (Å²) in [6, 6.07) is 13.7. The number of benzene rings is 2. The average molecular weight is 579 g/mol. The first kappa shape index (κ1) is 26.7. The molecule has 4 heterocycles. The van der Waals surface area contributed by atoms with Crippen molar-refractivity contribution in [2.45, 2.75) is 11.3 Å². The predicted octanol–water partition coefficient (Wildman–Crippen LogP) is 3.94. The van der Waals surface area contributed by atoms with Gasteiger partial charge in [-0.1, -0.05) is 29.5 Å². The van der Waals surface area contributed by atoms with Crippen LogP contribution in [0.25, 0.3) is 10.2 Å². The minimum absolute atomic E-state index is 0.0579. The maximum absolute atomic E-state index is 12.4. The number of rotatable bonds is 8. The molecule has 40 heavy (non-hydrogen) atoms. The molecule has 0 unspecified atom stereocenters. The molecular weight excluding hydrogens is 548 g/mol. The summed E-state index contributed by atoms with van der Waals surface area (Å²) in [4.78, 5) is 35.6. The molecule has 6 rings (SSSR count). The Kier molecular flexibility index (Phi) is 8.23. The first-order chi connectivity index (χ1) is 19.6. The van der Waals surface area contributed by atoms with Crippen molar-refractivity contribution in [3.8, 4) is 0 Å². The monoisotopic (exact) mass is 578 g/mol. The van der Waals surface area contributed by atoms with Crippen LogP contribution in [0.5, 0.6) is 0 Å². The Morgan fingerprint density at radius 1 is 0.875 bits per heavy atom. The van der Waals surface area contributed by atoms with Crippen molar-refractivity contribution >= 4 is 68.4 Å². The molecule has 0 spiro atoms. The highest BCUT2D eigenvalue weighted by atomic mass is 32.2. The van der Waals surface area contributed by atoms with E-state index in [1.165, 1.54) is 11.8 Å². The molecule has 2 aromatic carbocycles. The third kappa shape index (κ3) is 6.61. The second-order valence-corrected chi connectivity index (χ2v) is 11.7. The Bertz CT molecular complexity index is 1430. The number of thiazole rings is 1. The number of anilines is 5. The molecule has 13 heteroatoms. The predicted molar refractivity (Wildman–Crippen MR) is 159 cm³/mol. The normalized spacial score (nSPS) is 15.8. The number of hydrogen-bond acceptors (Lipinski definition) is 12. The summed E-state index contributed by atoms with van der Waals surface area (Å²) in [6.45, 7) is 7.57. The summed E-state index contributed by atoms with van der Waals surface area (Å²) in [5.41, 5.74) is 3.69. The van der Waals surface area contributed by atoms with Gasteiger partial charge in [0, 0.05) is 37.6 Å². The molecule has 4 aromatic rings. The standard InChI is InChI=1S/C27H30N8O3S2/c1-18-2-4-19(5-3-18)28-23(36)17-39-27-30-21-7-6-20(16-22(21)40-27)29-24-31-25(34-8-12-37-13-9-34)33-26(32-24)35-10-14-38-15-11-35/h2-7,16H,8-15,17H2,1H3,(H,28,36)(H,29,31,32,33). The smallest absolute Gasteiger partial charge is 0.234 e. The van der Waals surface area contributed by atoms with E-state index in [9.17, 15) is 4.79 Å².